The minimum Gasteiger partial charge on any atom is -0.378 e. The molecule has 2 aromatic rings. The maximum absolute atomic E-state index is 4.47. The lowest BCUT2D eigenvalue weighted by atomic mass is 10.2. The first-order valence-electron chi connectivity index (χ1n) is 6.99. The van der Waals surface area contributed by atoms with E-state index in [-0.39, 0.29) is 12.4 Å². The van der Waals surface area contributed by atoms with E-state index in [0.717, 1.165) is 12.2 Å². The molecular weight excluding hydrogens is 274 g/mol. The van der Waals surface area contributed by atoms with Crippen molar-refractivity contribution >= 4 is 18.1 Å². The Kier molecular flexibility index (Phi) is 4.70. The Morgan fingerprint density at radius 3 is 2.65 bits per heavy atom. The highest BCUT2D eigenvalue weighted by atomic mass is 35.5. The molecule has 20 heavy (non-hydrogen) atoms. The molecule has 2 aromatic heterocycles. The van der Waals surface area contributed by atoms with Crippen molar-refractivity contribution in [2.45, 2.75) is 45.2 Å². The van der Waals surface area contributed by atoms with Crippen LogP contribution in [0.3, 0.4) is 0 Å². The van der Waals surface area contributed by atoms with Gasteiger partial charge in [0.2, 0.25) is 0 Å². The standard InChI is InChI=1S/C14H21N5.ClH/c1-11-12(8-16-18(11)2)7-15-13-9-17-19(10-13)14-5-3-4-6-14;/h8-10,14-15H,3-7H2,1-2H3;1H. The molecule has 1 aliphatic rings. The highest BCUT2D eigenvalue weighted by molar-refractivity contribution is 5.85. The van der Waals surface area contributed by atoms with E-state index < -0.39 is 0 Å². The van der Waals surface area contributed by atoms with Crippen LogP contribution in [0.1, 0.15) is 43.0 Å². The van der Waals surface area contributed by atoms with Gasteiger partial charge in [-0.25, -0.2) is 0 Å². The van der Waals surface area contributed by atoms with Gasteiger partial charge in [-0.15, -0.1) is 12.4 Å². The number of nitrogens with zero attached hydrogens (tertiary/aromatic N) is 4. The van der Waals surface area contributed by atoms with E-state index in [2.05, 4.69) is 33.3 Å². The van der Waals surface area contributed by atoms with Gasteiger partial charge in [0.25, 0.3) is 0 Å². The first-order valence-corrected chi connectivity index (χ1v) is 6.99. The number of aryl methyl sites for hydroxylation is 1. The zero-order valence-corrected chi connectivity index (χ0v) is 12.9. The number of rotatable bonds is 4. The molecule has 1 aliphatic carbocycles. The van der Waals surface area contributed by atoms with Crippen LogP contribution in [-0.4, -0.2) is 19.6 Å². The number of hydrogen-bond donors (Lipinski definition) is 1. The summed E-state index contributed by atoms with van der Waals surface area (Å²) in [5, 5.41) is 12.1. The molecule has 1 fully saturated rings. The van der Waals surface area contributed by atoms with Gasteiger partial charge in [-0.2, -0.15) is 10.2 Å². The van der Waals surface area contributed by atoms with E-state index >= 15 is 0 Å². The quantitative estimate of drug-likeness (QED) is 0.943. The Balaban J connectivity index is 0.00000147. The van der Waals surface area contributed by atoms with E-state index in [1.165, 1.54) is 36.9 Å². The molecule has 5 nitrogen and oxygen atoms in total. The van der Waals surface area contributed by atoms with Crippen LogP contribution in [0.25, 0.3) is 0 Å². The molecule has 0 spiro atoms. The van der Waals surface area contributed by atoms with Crippen molar-refractivity contribution < 1.29 is 0 Å². The second-order valence-electron chi connectivity index (χ2n) is 5.38. The maximum Gasteiger partial charge on any atom is 0.0729 e. The summed E-state index contributed by atoms with van der Waals surface area (Å²) >= 11 is 0. The average Bonchev–Trinajstić information content (AvgIpc) is 3.11. The fourth-order valence-electron chi connectivity index (χ4n) is 2.71. The summed E-state index contributed by atoms with van der Waals surface area (Å²) in [4.78, 5) is 0. The maximum atomic E-state index is 4.47. The molecule has 3 rings (SSSR count). The van der Waals surface area contributed by atoms with Crippen LogP contribution in [0.5, 0.6) is 0 Å². The monoisotopic (exact) mass is 295 g/mol. The lowest BCUT2D eigenvalue weighted by Crippen LogP contribution is -2.04. The van der Waals surface area contributed by atoms with E-state index in [9.17, 15) is 0 Å². The lowest BCUT2D eigenvalue weighted by Gasteiger charge is -2.08. The fourth-order valence-corrected chi connectivity index (χ4v) is 2.71. The Bertz CT molecular complexity index is 554. The van der Waals surface area contributed by atoms with E-state index in [4.69, 9.17) is 0 Å². The summed E-state index contributed by atoms with van der Waals surface area (Å²) < 4.78 is 4.02. The Hall–Kier alpha value is -1.49. The zero-order valence-electron chi connectivity index (χ0n) is 12.0. The topological polar surface area (TPSA) is 47.7 Å². The first-order chi connectivity index (χ1) is 9.24. The molecule has 0 aliphatic heterocycles. The molecule has 0 unspecified atom stereocenters. The van der Waals surface area contributed by atoms with Crippen LogP contribution in [0.4, 0.5) is 5.69 Å². The zero-order chi connectivity index (χ0) is 13.2. The van der Waals surface area contributed by atoms with Gasteiger partial charge in [-0.1, -0.05) is 12.8 Å². The number of aromatic nitrogens is 4. The summed E-state index contributed by atoms with van der Waals surface area (Å²) in [5.41, 5.74) is 3.53. The third-order valence-electron chi connectivity index (χ3n) is 4.12. The van der Waals surface area contributed by atoms with Gasteiger partial charge in [0.1, 0.15) is 0 Å². The predicted octanol–water partition coefficient (Wildman–Crippen LogP) is 3.07. The van der Waals surface area contributed by atoms with Gasteiger partial charge in [-0.05, 0) is 19.8 Å². The number of nitrogens with one attached hydrogen (secondary N) is 1. The Labute approximate surface area is 125 Å². The normalized spacial score (nSPS) is 15.3. The molecule has 6 heteroatoms. The molecule has 0 radical (unpaired) electrons. The fraction of sp³-hybridized carbons (Fsp3) is 0.571. The SMILES string of the molecule is Cc1c(CNc2cnn(C3CCCC3)c2)cnn1C.Cl. The van der Waals surface area contributed by atoms with Crippen molar-refractivity contribution in [3.8, 4) is 0 Å². The van der Waals surface area contributed by atoms with Crippen LogP contribution < -0.4 is 5.32 Å². The summed E-state index contributed by atoms with van der Waals surface area (Å²) in [5.74, 6) is 0. The van der Waals surface area contributed by atoms with Crippen LogP contribution in [-0.2, 0) is 13.6 Å². The Morgan fingerprint density at radius 2 is 2.00 bits per heavy atom. The van der Waals surface area contributed by atoms with Crippen molar-refractivity contribution in [3.63, 3.8) is 0 Å². The summed E-state index contributed by atoms with van der Waals surface area (Å²) in [6.45, 7) is 2.89. The van der Waals surface area contributed by atoms with E-state index in [1.807, 2.05) is 24.1 Å². The molecule has 1 saturated carbocycles. The van der Waals surface area contributed by atoms with Crippen LogP contribution >= 0.6 is 12.4 Å². The molecule has 0 saturated heterocycles. The minimum absolute atomic E-state index is 0. The largest absolute Gasteiger partial charge is 0.378 e. The molecule has 1 N–H and O–H groups in total. The first kappa shape index (κ1) is 14.9. The van der Waals surface area contributed by atoms with Crippen molar-refractivity contribution in [1.29, 1.82) is 0 Å². The molecule has 0 atom stereocenters. The van der Waals surface area contributed by atoms with Gasteiger partial charge in [-0.3, -0.25) is 9.36 Å². The van der Waals surface area contributed by atoms with Crippen LogP contribution in [0.2, 0.25) is 0 Å². The predicted molar refractivity (Wildman–Crippen MR) is 82.3 cm³/mol. The van der Waals surface area contributed by atoms with Crippen LogP contribution in [0, 0.1) is 6.92 Å². The molecule has 110 valence electrons. The molecular formula is C14H22ClN5. The van der Waals surface area contributed by atoms with E-state index in [1.54, 1.807) is 0 Å². The van der Waals surface area contributed by atoms with Crippen LogP contribution in [0.15, 0.2) is 18.6 Å². The smallest absolute Gasteiger partial charge is 0.0729 e. The second-order valence-corrected chi connectivity index (χ2v) is 5.38. The average molecular weight is 296 g/mol. The summed E-state index contributed by atoms with van der Waals surface area (Å²) in [7, 11) is 1.97. The molecule has 0 amide bonds. The molecule has 2 heterocycles. The second kappa shape index (κ2) is 6.31. The third kappa shape index (κ3) is 2.98. The number of anilines is 1. The minimum atomic E-state index is 0. The van der Waals surface area contributed by atoms with Gasteiger partial charge >= 0.3 is 0 Å². The van der Waals surface area contributed by atoms with Crippen molar-refractivity contribution in [3.05, 3.63) is 29.8 Å². The van der Waals surface area contributed by atoms with Gasteiger partial charge in [0.05, 0.1) is 24.1 Å². The van der Waals surface area contributed by atoms with Crippen molar-refractivity contribution in [2.75, 3.05) is 5.32 Å². The summed E-state index contributed by atoms with van der Waals surface area (Å²) in [6, 6.07) is 0.607. The van der Waals surface area contributed by atoms with Crippen molar-refractivity contribution in [1.82, 2.24) is 19.6 Å². The van der Waals surface area contributed by atoms with Crippen molar-refractivity contribution in [2.24, 2.45) is 7.05 Å². The number of halogens is 1. The van der Waals surface area contributed by atoms with E-state index in [0.29, 0.717) is 6.04 Å². The van der Waals surface area contributed by atoms with Gasteiger partial charge in [0.15, 0.2) is 0 Å². The highest BCUT2D eigenvalue weighted by Crippen LogP contribution is 2.29. The van der Waals surface area contributed by atoms with Gasteiger partial charge < -0.3 is 5.32 Å². The lowest BCUT2D eigenvalue weighted by molar-refractivity contribution is 0.467. The molecule has 0 bridgehead atoms. The molecule has 0 aromatic carbocycles. The highest BCUT2D eigenvalue weighted by Gasteiger charge is 2.17. The summed E-state index contributed by atoms with van der Waals surface area (Å²) in [6.07, 6.45) is 11.2. The Morgan fingerprint density at radius 1 is 1.25 bits per heavy atom. The van der Waals surface area contributed by atoms with Gasteiger partial charge in [0, 0.05) is 31.0 Å². The number of hydrogen-bond acceptors (Lipinski definition) is 3. The third-order valence-corrected chi connectivity index (χ3v) is 4.12.